The number of thioether (sulfide) groups is 1. The van der Waals surface area contributed by atoms with E-state index in [1.165, 1.54) is 11.8 Å². The minimum absolute atomic E-state index is 0.0236. The van der Waals surface area contributed by atoms with Crippen LogP contribution in [0.3, 0.4) is 0 Å². The van der Waals surface area contributed by atoms with Crippen LogP contribution >= 0.6 is 27.7 Å². The zero-order valence-electron chi connectivity index (χ0n) is 11.4. The molecule has 0 saturated carbocycles. The number of rotatable bonds is 7. The van der Waals surface area contributed by atoms with E-state index in [4.69, 9.17) is 5.11 Å². The number of carboxylic acids is 1. The SMILES string of the molecule is CS(=O)CCCn1c(SCC(=O)O)nc2ccc(Br)cc21. The second kappa shape index (κ2) is 7.42. The number of benzene rings is 1. The van der Waals surface area contributed by atoms with Gasteiger partial charge < -0.3 is 9.67 Å². The zero-order valence-corrected chi connectivity index (χ0v) is 14.6. The molecule has 0 radical (unpaired) electrons. The Hall–Kier alpha value is -0.860. The lowest BCUT2D eigenvalue weighted by Crippen LogP contribution is -2.06. The number of nitrogens with zero attached hydrogens (tertiary/aromatic N) is 2. The summed E-state index contributed by atoms with van der Waals surface area (Å²) >= 11 is 4.65. The molecule has 2 rings (SSSR count). The smallest absolute Gasteiger partial charge is 0.313 e. The minimum Gasteiger partial charge on any atom is -0.481 e. The third-order valence-corrected chi connectivity index (χ3v) is 5.13. The van der Waals surface area contributed by atoms with E-state index < -0.39 is 16.8 Å². The second-order valence-corrected chi connectivity index (χ2v) is 7.91. The molecule has 1 heterocycles. The Labute approximate surface area is 137 Å². The fourth-order valence-corrected chi connectivity index (χ4v) is 3.60. The van der Waals surface area contributed by atoms with Gasteiger partial charge in [0.2, 0.25) is 0 Å². The Balaban J connectivity index is 2.30. The molecule has 0 saturated heterocycles. The van der Waals surface area contributed by atoms with Crippen molar-refractivity contribution in [1.82, 2.24) is 9.55 Å². The summed E-state index contributed by atoms with van der Waals surface area (Å²) in [7, 11) is -0.827. The first-order valence-corrected chi connectivity index (χ1v) is 9.78. The quantitative estimate of drug-likeness (QED) is 0.735. The maximum absolute atomic E-state index is 11.2. The Morgan fingerprint density at radius 2 is 2.29 bits per heavy atom. The monoisotopic (exact) mass is 390 g/mol. The van der Waals surface area contributed by atoms with Crippen LogP contribution in [0.1, 0.15) is 6.42 Å². The van der Waals surface area contributed by atoms with Crippen LogP contribution in [0.15, 0.2) is 27.8 Å². The van der Waals surface area contributed by atoms with Gasteiger partial charge in [-0.3, -0.25) is 9.00 Å². The summed E-state index contributed by atoms with van der Waals surface area (Å²) < 4.78 is 14.1. The zero-order chi connectivity index (χ0) is 15.4. The molecule has 2 aromatic rings. The lowest BCUT2D eigenvalue weighted by molar-refractivity contribution is -0.133. The Bertz CT molecular complexity index is 687. The number of hydrogen-bond acceptors (Lipinski definition) is 4. The van der Waals surface area contributed by atoms with E-state index in [1.54, 1.807) is 6.26 Å². The van der Waals surface area contributed by atoms with Gasteiger partial charge in [0.1, 0.15) is 0 Å². The van der Waals surface area contributed by atoms with Crippen molar-refractivity contribution in [3.05, 3.63) is 22.7 Å². The third kappa shape index (κ3) is 4.55. The van der Waals surface area contributed by atoms with Crippen LogP contribution in [0.4, 0.5) is 0 Å². The maximum Gasteiger partial charge on any atom is 0.313 e. The molecule has 1 N–H and O–H groups in total. The molecular formula is C13H15BrN2O3S2. The molecule has 5 nitrogen and oxygen atoms in total. The van der Waals surface area contributed by atoms with Crippen molar-refractivity contribution in [2.45, 2.75) is 18.1 Å². The molecule has 1 atom stereocenters. The van der Waals surface area contributed by atoms with Crippen molar-refractivity contribution in [1.29, 1.82) is 0 Å². The van der Waals surface area contributed by atoms with Crippen LogP contribution in [-0.4, -0.2) is 42.6 Å². The first-order valence-electron chi connectivity index (χ1n) is 6.28. The second-order valence-electron chi connectivity index (χ2n) is 4.49. The number of halogens is 1. The van der Waals surface area contributed by atoms with Crippen LogP contribution in [-0.2, 0) is 22.1 Å². The number of aliphatic carboxylic acids is 1. The van der Waals surface area contributed by atoms with Crippen molar-refractivity contribution in [2.24, 2.45) is 0 Å². The topological polar surface area (TPSA) is 72.2 Å². The number of imidazole rings is 1. The van der Waals surface area contributed by atoms with Gasteiger partial charge in [-0.15, -0.1) is 0 Å². The number of hydrogen-bond donors (Lipinski definition) is 1. The number of aryl methyl sites for hydroxylation is 1. The van der Waals surface area contributed by atoms with Crippen molar-refractivity contribution >= 4 is 55.5 Å². The average molecular weight is 391 g/mol. The number of carboxylic acid groups (broad SMARTS) is 1. The molecule has 0 aliphatic rings. The van der Waals surface area contributed by atoms with Crippen LogP contribution in [0.5, 0.6) is 0 Å². The lowest BCUT2D eigenvalue weighted by atomic mass is 10.3. The summed E-state index contributed by atoms with van der Waals surface area (Å²) in [5.74, 6) is -0.268. The molecule has 0 spiro atoms. The molecule has 0 aliphatic carbocycles. The highest BCUT2D eigenvalue weighted by Gasteiger charge is 2.13. The van der Waals surface area contributed by atoms with Crippen LogP contribution in [0.25, 0.3) is 11.0 Å². The maximum atomic E-state index is 11.2. The number of carbonyl (C=O) groups is 1. The average Bonchev–Trinajstić information content (AvgIpc) is 2.74. The van der Waals surface area contributed by atoms with E-state index in [1.807, 2.05) is 22.8 Å². The molecule has 1 aromatic carbocycles. The molecule has 1 unspecified atom stereocenters. The van der Waals surface area contributed by atoms with Gasteiger partial charge in [0.25, 0.3) is 0 Å². The summed E-state index contributed by atoms with van der Waals surface area (Å²) in [5.41, 5.74) is 1.79. The van der Waals surface area contributed by atoms with Gasteiger partial charge in [-0.1, -0.05) is 27.7 Å². The van der Waals surface area contributed by atoms with E-state index >= 15 is 0 Å². The van der Waals surface area contributed by atoms with Crippen molar-refractivity contribution in [3.63, 3.8) is 0 Å². The highest BCUT2D eigenvalue weighted by molar-refractivity contribution is 9.10. The Kier molecular flexibility index (Phi) is 5.83. The highest BCUT2D eigenvalue weighted by Crippen LogP contribution is 2.26. The van der Waals surface area contributed by atoms with Gasteiger partial charge in [-0.05, 0) is 24.6 Å². The summed E-state index contributed by atoms with van der Waals surface area (Å²) in [6, 6.07) is 5.78. The van der Waals surface area contributed by atoms with Gasteiger partial charge in [-0.2, -0.15) is 0 Å². The lowest BCUT2D eigenvalue weighted by Gasteiger charge is -2.07. The van der Waals surface area contributed by atoms with E-state index in [0.717, 1.165) is 21.9 Å². The molecule has 0 aliphatic heterocycles. The van der Waals surface area contributed by atoms with Crippen molar-refractivity contribution in [3.8, 4) is 0 Å². The summed E-state index contributed by atoms with van der Waals surface area (Å²) in [5, 5.41) is 9.52. The summed E-state index contributed by atoms with van der Waals surface area (Å²) in [6.45, 7) is 0.675. The minimum atomic E-state index is -0.866. The van der Waals surface area contributed by atoms with Gasteiger partial charge >= 0.3 is 5.97 Å². The predicted molar refractivity (Wildman–Crippen MR) is 89.3 cm³/mol. The first kappa shape index (κ1) is 16.5. The normalized spacial score (nSPS) is 12.7. The van der Waals surface area contributed by atoms with Crippen molar-refractivity contribution in [2.75, 3.05) is 17.8 Å². The van der Waals surface area contributed by atoms with Crippen LogP contribution < -0.4 is 0 Å². The molecule has 1 aromatic heterocycles. The fraction of sp³-hybridized carbons (Fsp3) is 0.385. The molecule has 0 bridgehead atoms. The molecular weight excluding hydrogens is 376 g/mol. The van der Waals surface area contributed by atoms with E-state index in [-0.39, 0.29) is 5.75 Å². The molecule has 114 valence electrons. The van der Waals surface area contributed by atoms with E-state index in [0.29, 0.717) is 17.5 Å². The highest BCUT2D eigenvalue weighted by atomic mass is 79.9. The van der Waals surface area contributed by atoms with Crippen molar-refractivity contribution < 1.29 is 14.1 Å². The molecule has 0 amide bonds. The summed E-state index contributed by atoms with van der Waals surface area (Å²) in [4.78, 5) is 15.2. The Morgan fingerprint density at radius 1 is 1.52 bits per heavy atom. The summed E-state index contributed by atoms with van der Waals surface area (Å²) in [6.07, 6.45) is 2.45. The number of aromatic nitrogens is 2. The molecule has 21 heavy (non-hydrogen) atoms. The fourth-order valence-electron chi connectivity index (χ4n) is 1.95. The van der Waals surface area contributed by atoms with Gasteiger partial charge in [0.15, 0.2) is 5.16 Å². The number of fused-ring (bicyclic) bond motifs is 1. The largest absolute Gasteiger partial charge is 0.481 e. The van der Waals surface area contributed by atoms with E-state index in [9.17, 15) is 9.00 Å². The molecule has 8 heteroatoms. The first-order chi connectivity index (χ1) is 9.97. The standard InChI is InChI=1S/C13H15BrN2O3S2/c1-21(19)6-2-5-16-11-7-9(14)3-4-10(11)15-13(16)20-8-12(17)18/h3-4,7H,2,5-6,8H2,1H3,(H,17,18). The van der Waals surface area contributed by atoms with Gasteiger partial charge in [0.05, 0.1) is 16.8 Å². The van der Waals surface area contributed by atoms with Crippen LogP contribution in [0.2, 0.25) is 0 Å². The van der Waals surface area contributed by atoms with Gasteiger partial charge in [-0.25, -0.2) is 4.98 Å². The molecule has 0 fully saturated rings. The Morgan fingerprint density at radius 3 is 2.95 bits per heavy atom. The third-order valence-electron chi connectivity index (χ3n) is 2.81. The predicted octanol–water partition coefficient (Wildman–Crippen LogP) is 2.74. The van der Waals surface area contributed by atoms with E-state index in [2.05, 4.69) is 20.9 Å². The van der Waals surface area contributed by atoms with Crippen LogP contribution in [0, 0.1) is 0 Å². The van der Waals surface area contributed by atoms with Gasteiger partial charge in [0, 0.05) is 33.8 Å².